The standard InChI is InChI=1S/C14H28N2O3/c1-3-4-5-12(10-19-2)16-14(18)15-11-6-8-13(17)9-7-11/h11-13,17H,3-10H2,1-2H3,(H2,15,16,18)/t11?,12-,13?/m1/s1. The topological polar surface area (TPSA) is 70.6 Å². The van der Waals surface area contributed by atoms with E-state index in [9.17, 15) is 9.90 Å². The van der Waals surface area contributed by atoms with E-state index in [4.69, 9.17) is 4.74 Å². The van der Waals surface area contributed by atoms with Crippen LogP contribution in [0.1, 0.15) is 51.9 Å². The maximum atomic E-state index is 11.9. The largest absolute Gasteiger partial charge is 0.393 e. The van der Waals surface area contributed by atoms with E-state index >= 15 is 0 Å². The van der Waals surface area contributed by atoms with Gasteiger partial charge in [0, 0.05) is 13.2 Å². The average molecular weight is 272 g/mol. The van der Waals surface area contributed by atoms with Crippen molar-refractivity contribution in [3.63, 3.8) is 0 Å². The molecule has 1 rings (SSSR count). The summed E-state index contributed by atoms with van der Waals surface area (Å²) in [4.78, 5) is 11.9. The van der Waals surface area contributed by atoms with Crippen molar-refractivity contribution in [3.05, 3.63) is 0 Å². The van der Waals surface area contributed by atoms with Gasteiger partial charge >= 0.3 is 6.03 Å². The predicted octanol–water partition coefficient (Wildman–Crippen LogP) is 1.79. The Morgan fingerprint density at radius 1 is 1.37 bits per heavy atom. The quantitative estimate of drug-likeness (QED) is 0.662. The zero-order chi connectivity index (χ0) is 14.1. The number of unbranched alkanes of at least 4 members (excludes halogenated alkanes) is 1. The molecule has 0 aromatic rings. The summed E-state index contributed by atoms with van der Waals surface area (Å²) in [6.45, 7) is 2.69. The van der Waals surface area contributed by atoms with Crippen LogP contribution in [0.2, 0.25) is 0 Å². The summed E-state index contributed by atoms with van der Waals surface area (Å²) in [6, 6.07) is 0.163. The summed E-state index contributed by atoms with van der Waals surface area (Å²) in [5.74, 6) is 0. The molecule has 1 aliphatic rings. The lowest BCUT2D eigenvalue weighted by molar-refractivity contribution is 0.116. The predicted molar refractivity (Wildman–Crippen MR) is 75.1 cm³/mol. The molecular weight excluding hydrogens is 244 g/mol. The summed E-state index contributed by atoms with van der Waals surface area (Å²) < 4.78 is 5.13. The highest BCUT2D eigenvalue weighted by molar-refractivity contribution is 5.74. The van der Waals surface area contributed by atoms with E-state index < -0.39 is 0 Å². The second kappa shape index (κ2) is 9.15. The Kier molecular flexibility index (Phi) is 7.82. The highest BCUT2D eigenvalue weighted by Gasteiger charge is 2.21. The van der Waals surface area contributed by atoms with Crippen molar-refractivity contribution in [2.75, 3.05) is 13.7 Å². The molecule has 0 aromatic carbocycles. The number of hydrogen-bond donors (Lipinski definition) is 3. The molecule has 1 aliphatic carbocycles. The zero-order valence-corrected chi connectivity index (χ0v) is 12.2. The molecule has 0 unspecified atom stereocenters. The van der Waals surface area contributed by atoms with Crippen molar-refractivity contribution >= 4 is 6.03 Å². The molecule has 3 N–H and O–H groups in total. The van der Waals surface area contributed by atoms with Gasteiger partial charge in [-0.05, 0) is 32.1 Å². The van der Waals surface area contributed by atoms with Crippen LogP contribution in [0.4, 0.5) is 4.79 Å². The highest BCUT2D eigenvalue weighted by Crippen LogP contribution is 2.18. The zero-order valence-electron chi connectivity index (χ0n) is 12.2. The van der Waals surface area contributed by atoms with Gasteiger partial charge in [0.1, 0.15) is 0 Å². The van der Waals surface area contributed by atoms with E-state index in [-0.39, 0.29) is 24.2 Å². The van der Waals surface area contributed by atoms with Crippen LogP contribution in [0.5, 0.6) is 0 Å². The van der Waals surface area contributed by atoms with Crippen LogP contribution < -0.4 is 10.6 Å². The molecule has 0 aromatic heterocycles. The summed E-state index contributed by atoms with van der Waals surface area (Å²) in [5, 5.41) is 15.4. The van der Waals surface area contributed by atoms with Crippen molar-refractivity contribution < 1.29 is 14.6 Å². The fraction of sp³-hybridized carbons (Fsp3) is 0.929. The average Bonchev–Trinajstić information content (AvgIpc) is 2.39. The van der Waals surface area contributed by atoms with Crippen molar-refractivity contribution in [1.29, 1.82) is 0 Å². The van der Waals surface area contributed by atoms with Gasteiger partial charge in [0.2, 0.25) is 0 Å². The summed E-state index contributed by atoms with van der Waals surface area (Å²) in [7, 11) is 1.65. The van der Waals surface area contributed by atoms with Crippen LogP contribution in [-0.2, 0) is 4.74 Å². The van der Waals surface area contributed by atoms with Gasteiger partial charge in [-0.2, -0.15) is 0 Å². The van der Waals surface area contributed by atoms with Crippen molar-refractivity contribution in [1.82, 2.24) is 10.6 Å². The molecule has 0 saturated heterocycles. The monoisotopic (exact) mass is 272 g/mol. The van der Waals surface area contributed by atoms with E-state index in [0.717, 1.165) is 44.9 Å². The van der Waals surface area contributed by atoms with Gasteiger partial charge in [-0.1, -0.05) is 19.8 Å². The Balaban J connectivity index is 2.27. The summed E-state index contributed by atoms with van der Waals surface area (Å²) in [5.41, 5.74) is 0. The number of rotatable bonds is 7. The number of aliphatic hydroxyl groups is 1. The first-order valence-corrected chi connectivity index (χ1v) is 7.39. The van der Waals surface area contributed by atoms with Gasteiger partial charge in [0.05, 0.1) is 18.8 Å². The highest BCUT2D eigenvalue weighted by atomic mass is 16.5. The molecule has 0 aliphatic heterocycles. The number of nitrogens with one attached hydrogen (secondary N) is 2. The second-order valence-corrected chi connectivity index (χ2v) is 5.42. The van der Waals surface area contributed by atoms with Crippen LogP contribution in [0, 0.1) is 0 Å². The Hall–Kier alpha value is -0.810. The minimum atomic E-state index is -0.188. The number of ether oxygens (including phenoxy) is 1. The second-order valence-electron chi connectivity index (χ2n) is 5.42. The van der Waals surface area contributed by atoms with Gasteiger partial charge < -0.3 is 20.5 Å². The molecular formula is C14H28N2O3. The third kappa shape index (κ3) is 6.78. The minimum Gasteiger partial charge on any atom is -0.393 e. The Bertz CT molecular complexity index is 253. The Morgan fingerprint density at radius 2 is 2.05 bits per heavy atom. The molecule has 0 radical (unpaired) electrons. The van der Waals surface area contributed by atoms with Gasteiger partial charge in [0.15, 0.2) is 0 Å². The molecule has 5 heteroatoms. The number of carbonyl (C=O) groups is 1. The third-order valence-electron chi connectivity index (χ3n) is 3.64. The molecule has 1 fully saturated rings. The third-order valence-corrected chi connectivity index (χ3v) is 3.64. The summed E-state index contributed by atoms with van der Waals surface area (Å²) >= 11 is 0. The van der Waals surface area contributed by atoms with Crippen LogP contribution in [0.15, 0.2) is 0 Å². The molecule has 0 bridgehead atoms. The fourth-order valence-electron chi connectivity index (χ4n) is 2.48. The maximum Gasteiger partial charge on any atom is 0.315 e. The lowest BCUT2D eigenvalue weighted by atomic mass is 9.93. The van der Waals surface area contributed by atoms with Crippen molar-refractivity contribution in [3.8, 4) is 0 Å². The number of aliphatic hydroxyl groups excluding tert-OH is 1. The first-order valence-electron chi connectivity index (χ1n) is 7.39. The lowest BCUT2D eigenvalue weighted by Gasteiger charge is -2.27. The van der Waals surface area contributed by atoms with Gasteiger partial charge in [-0.25, -0.2) is 4.79 Å². The molecule has 1 atom stereocenters. The first kappa shape index (κ1) is 16.2. The molecule has 112 valence electrons. The molecule has 0 heterocycles. The van der Waals surface area contributed by atoms with Crippen LogP contribution in [-0.4, -0.2) is 43.0 Å². The minimum absolute atomic E-state index is 0.0825. The lowest BCUT2D eigenvalue weighted by Crippen LogP contribution is -2.48. The number of amides is 2. The van der Waals surface area contributed by atoms with Crippen LogP contribution in [0.3, 0.4) is 0 Å². The molecule has 19 heavy (non-hydrogen) atoms. The van der Waals surface area contributed by atoms with Gasteiger partial charge in [-0.15, -0.1) is 0 Å². The van der Waals surface area contributed by atoms with E-state index in [0.29, 0.717) is 6.61 Å². The molecule has 5 nitrogen and oxygen atoms in total. The van der Waals surface area contributed by atoms with Crippen molar-refractivity contribution in [2.24, 2.45) is 0 Å². The number of urea groups is 1. The smallest absolute Gasteiger partial charge is 0.315 e. The molecule has 0 spiro atoms. The Morgan fingerprint density at radius 3 is 2.63 bits per heavy atom. The number of hydrogen-bond acceptors (Lipinski definition) is 3. The normalized spacial score (nSPS) is 24.8. The van der Waals surface area contributed by atoms with Crippen molar-refractivity contribution in [2.45, 2.75) is 70.1 Å². The van der Waals surface area contributed by atoms with Gasteiger partial charge in [-0.3, -0.25) is 0 Å². The van der Waals surface area contributed by atoms with E-state index in [2.05, 4.69) is 17.6 Å². The van der Waals surface area contributed by atoms with Crippen LogP contribution in [0.25, 0.3) is 0 Å². The maximum absolute atomic E-state index is 11.9. The molecule has 2 amide bonds. The van der Waals surface area contributed by atoms with Gasteiger partial charge in [0.25, 0.3) is 0 Å². The SMILES string of the molecule is CCCC[C@H](COC)NC(=O)NC1CCC(O)CC1. The molecule has 1 saturated carbocycles. The first-order chi connectivity index (χ1) is 9.15. The summed E-state index contributed by atoms with van der Waals surface area (Å²) in [6.07, 6.45) is 6.24. The number of carbonyl (C=O) groups excluding carboxylic acids is 1. The fourth-order valence-corrected chi connectivity index (χ4v) is 2.48. The van der Waals surface area contributed by atoms with Crippen LogP contribution >= 0.6 is 0 Å². The van der Waals surface area contributed by atoms with E-state index in [1.165, 1.54) is 0 Å². The van der Waals surface area contributed by atoms with E-state index in [1.54, 1.807) is 7.11 Å². The number of methoxy groups -OCH3 is 1. The van der Waals surface area contributed by atoms with E-state index in [1.807, 2.05) is 0 Å². The Labute approximate surface area is 116 Å².